The van der Waals surface area contributed by atoms with E-state index in [0.29, 0.717) is 6.54 Å². The van der Waals surface area contributed by atoms with Gasteiger partial charge in [0.25, 0.3) is 0 Å². The zero-order valence-corrected chi connectivity index (χ0v) is 14.6. The van der Waals surface area contributed by atoms with Gasteiger partial charge in [0.05, 0.1) is 12.6 Å². The molecule has 1 aliphatic rings. The van der Waals surface area contributed by atoms with Crippen molar-refractivity contribution in [1.29, 1.82) is 0 Å². The van der Waals surface area contributed by atoms with Crippen LogP contribution in [0.5, 0.6) is 0 Å². The van der Waals surface area contributed by atoms with E-state index in [1.807, 2.05) is 0 Å². The maximum absolute atomic E-state index is 11.5. The van der Waals surface area contributed by atoms with Crippen LogP contribution in [0.25, 0.3) is 0 Å². The Morgan fingerprint density at radius 2 is 1.83 bits per heavy atom. The van der Waals surface area contributed by atoms with Gasteiger partial charge < -0.3 is 20.6 Å². The fourth-order valence-electron chi connectivity index (χ4n) is 2.84. The highest BCUT2D eigenvalue weighted by atomic mass is 16.3. The third-order valence-corrected chi connectivity index (χ3v) is 4.30. The van der Waals surface area contributed by atoms with Crippen LogP contribution in [0, 0.1) is 0 Å². The maximum Gasteiger partial charge on any atom is 0.315 e. The zero-order valence-electron chi connectivity index (χ0n) is 14.6. The monoisotopic (exact) mass is 334 g/mol. The van der Waals surface area contributed by atoms with Gasteiger partial charge in [-0.15, -0.1) is 0 Å². The molecule has 0 radical (unpaired) electrons. The quantitative estimate of drug-likeness (QED) is 0.617. The highest BCUT2D eigenvalue weighted by molar-refractivity contribution is 5.74. The lowest BCUT2D eigenvalue weighted by molar-refractivity contribution is 0.126. The summed E-state index contributed by atoms with van der Waals surface area (Å²) in [4.78, 5) is 16.5. The van der Waals surface area contributed by atoms with Crippen LogP contribution in [0.2, 0.25) is 0 Å². The van der Waals surface area contributed by atoms with Crippen LogP contribution >= 0.6 is 0 Å². The van der Waals surface area contributed by atoms with Crippen molar-refractivity contribution in [3.05, 3.63) is 35.9 Å². The van der Waals surface area contributed by atoms with Crippen molar-refractivity contribution in [3.63, 3.8) is 0 Å². The second kappa shape index (κ2) is 10.3. The number of nitrogens with one attached hydrogen (secondary N) is 2. The Balaban J connectivity index is 1.54. The highest BCUT2D eigenvalue weighted by Crippen LogP contribution is 2.08. The number of urea groups is 1. The topological polar surface area (TPSA) is 67.8 Å². The highest BCUT2D eigenvalue weighted by Gasteiger charge is 2.16. The first-order valence-corrected chi connectivity index (χ1v) is 8.81. The van der Waals surface area contributed by atoms with Crippen molar-refractivity contribution in [2.45, 2.75) is 25.9 Å². The second-order valence-electron chi connectivity index (χ2n) is 6.44. The average Bonchev–Trinajstić information content (AvgIpc) is 2.61. The molecule has 1 heterocycles. The summed E-state index contributed by atoms with van der Waals surface area (Å²) >= 11 is 0. The van der Waals surface area contributed by atoms with E-state index in [9.17, 15) is 4.79 Å². The number of nitrogens with zero attached hydrogens (tertiary/aromatic N) is 2. The normalized spacial score (nSPS) is 17.4. The van der Waals surface area contributed by atoms with Gasteiger partial charge in [0.15, 0.2) is 0 Å². The number of aliphatic hydroxyl groups is 1. The third-order valence-electron chi connectivity index (χ3n) is 4.30. The molecule has 0 unspecified atom stereocenters. The fraction of sp³-hybridized carbons (Fsp3) is 0.611. The van der Waals surface area contributed by atoms with Crippen LogP contribution in [-0.4, -0.2) is 72.9 Å². The zero-order chi connectivity index (χ0) is 17.2. The molecule has 1 atom stereocenters. The van der Waals surface area contributed by atoms with Gasteiger partial charge in [-0.05, 0) is 25.5 Å². The minimum atomic E-state index is -0.206. The van der Waals surface area contributed by atoms with E-state index in [1.54, 1.807) is 6.92 Å². The predicted octanol–water partition coefficient (Wildman–Crippen LogP) is 0.874. The molecule has 0 aromatic heterocycles. The van der Waals surface area contributed by atoms with Crippen molar-refractivity contribution in [2.75, 3.05) is 45.9 Å². The van der Waals surface area contributed by atoms with Gasteiger partial charge >= 0.3 is 6.03 Å². The molecule has 1 fully saturated rings. The van der Waals surface area contributed by atoms with E-state index in [1.165, 1.54) is 5.56 Å². The number of benzene rings is 1. The van der Waals surface area contributed by atoms with E-state index >= 15 is 0 Å². The molecule has 24 heavy (non-hydrogen) atoms. The Hall–Kier alpha value is -1.63. The number of aliphatic hydroxyl groups excluding tert-OH is 1. The van der Waals surface area contributed by atoms with Crippen molar-refractivity contribution in [3.8, 4) is 0 Å². The molecule has 1 aliphatic heterocycles. The fourth-order valence-corrected chi connectivity index (χ4v) is 2.84. The first kappa shape index (κ1) is 18.7. The van der Waals surface area contributed by atoms with Crippen molar-refractivity contribution < 1.29 is 9.90 Å². The first-order chi connectivity index (χ1) is 11.7. The van der Waals surface area contributed by atoms with Crippen LogP contribution in [0.1, 0.15) is 18.9 Å². The molecule has 2 rings (SSSR count). The summed E-state index contributed by atoms with van der Waals surface area (Å²) in [6.07, 6.45) is 0.944. The maximum atomic E-state index is 11.5. The smallest absolute Gasteiger partial charge is 0.315 e. The molecule has 2 amide bonds. The predicted molar refractivity (Wildman–Crippen MR) is 95.9 cm³/mol. The van der Waals surface area contributed by atoms with Crippen molar-refractivity contribution >= 4 is 6.03 Å². The number of hydrogen-bond donors (Lipinski definition) is 3. The number of rotatable bonds is 8. The molecule has 0 aliphatic carbocycles. The van der Waals surface area contributed by atoms with Crippen LogP contribution in [0.4, 0.5) is 4.79 Å². The summed E-state index contributed by atoms with van der Waals surface area (Å²) in [7, 11) is 0. The molecular formula is C18H30N4O2. The molecule has 1 aromatic rings. The summed E-state index contributed by atoms with van der Waals surface area (Å²) < 4.78 is 0. The molecule has 0 spiro atoms. The molecule has 1 saturated heterocycles. The van der Waals surface area contributed by atoms with Gasteiger partial charge in [-0.3, -0.25) is 4.90 Å². The van der Waals surface area contributed by atoms with Crippen molar-refractivity contribution in [1.82, 2.24) is 20.4 Å². The minimum absolute atomic E-state index is 0.0410. The number of piperazine rings is 1. The lowest BCUT2D eigenvalue weighted by atomic mass is 10.2. The average molecular weight is 334 g/mol. The standard InChI is InChI=1S/C18H30N4O2/c1-16(15-23)20-18(24)19-8-5-9-21-10-12-22(13-11-21)14-17-6-3-2-4-7-17/h2-4,6-7,16,23H,5,8-15H2,1H3,(H2,19,20,24)/t16-/m0/s1. The van der Waals surface area contributed by atoms with E-state index in [0.717, 1.165) is 45.7 Å². The van der Waals surface area contributed by atoms with Gasteiger partial charge in [-0.25, -0.2) is 4.79 Å². The van der Waals surface area contributed by atoms with E-state index in [4.69, 9.17) is 5.11 Å². The number of hydrogen-bond acceptors (Lipinski definition) is 4. The Bertz CT molecular complexity index is 475. The summed E-state index contributed by atoms with van der Waals surface area (Å²) in [6, 6.07) is 10.2. The molecular weight excluding hydrogens is 304 g/mol. The molecule has 134 valence electrons. The minimum Gasteiger partial charge on any atom is -0.394 e. The summed E-state index contributed by atoms with van der Waals surface area (Å²) in [5.41, 5.74) is 1.37. The SMILES string of the molecule is C[C@@H](CO)NC(=O)NCCCN1CCN(Cc2ccccc2)CC1. The first-order valence-electron chi connectivity index (χ1n) is 8.81. The Labute approximate surface area is 144 Å². The number of carbonyl (C=O) groups excluding carboxylic acids is 1. The lowest BCUT2D eigenvalue weighted by Gasteiger charge is -2.34. The van der Waals surface area contributed by atoms with E-state index in [-0.39, 0.29) is 18.7 Å². The van der Waals surface area contributed by atoms with Gasteiger partial charge in [-0.1, -0.05) is 30.3 Å². The second-order valence-corrected chi connectivity index (χ2v) is 6.44. The number of carbonyl (C=O) groups is 1. The van der Waals surface area contributed by atoms with Crippen LogP contribution in [0.15, 0.2) is 30.3 Å². The number of amides is 2. The van der Waals surface area contributed by atoms with Gasteiger partial charge in [0.1, 0.15) is 0 Å². The van der Waals surface area contributed by atoms with Crippen LogP contribution in [-0.2, 0) is 6.54 Å². The van der Waals surface area contributed by atoms with Gasteiger partial charge in [0.2, 0.25) is 0 Å². The van der Waals surface area contributed by atoms with Gasteiger partial charge in [-0.2, -0.15) is 0 Å². The summed E-state index contributed by atoms with van der Waals surface area (Å²) in [5, 5.41) is 14.4. The third kappa shape index (κ3) is 6.86. The van der Waals surface area contributed by atoms with Gasteiger partial charge in [0, 0.05) is 39.3 Å². The van der Waals surface area contributed by atoms with Crippen LogP contribution < -0.4 is 10.6 Å². The molecule has 0 saturated carbocycles. The molecule has 6 nitrogen and oxygen atoms in total. The van der Waals surface area contributed by atoms with E-state index in [2.05, 4.69) is 50.8 Å². The molecule has 0 bridgehead atoms. The molecule has 3 N–H and O–H groups in total. The van der Waals surface area contributed by atoms with Crippen LogP contribution in [0.3, 0.4) is 0 Å². The Morgan fingerprint density at radius 1 is 1.17 bits per heavy atom. The Kier molecular flexibility index (Phi) is 8.01. The van der Waals surface area contributed by atoms with Crippen molar-refractivity contribution in [2.24, 2.45) is 0 Å². The Morgan fingerprint density at radius 3 is 2.50 bits per heavy atom. The molecule has 6 heteroatoms. The lowest BCUT2D eigenvalue weighted by Crippen LogP contribution is -2.47. The van der Waals surface area contributed by atoms with E-state index < -0.39 is 0 Å². The summed E-state index contributed by atoms with van der Waals surface area (Å²) in [6.45, 7) is 8.78. The molecule has 1 aromatic carbocycles. The summed E-state index contributed by atoms with van der Waals surface area (Å²) in [5.74, 6) is 0. The largest absolute Gasteiger partial charge is 0.394 e.